The van der Waals surface area contributed by atoms with Crippen LogP contribution in [0.25, 0.3) is 11.1 Å². The molecule has 2 aliphatic heterocycles. The van der Waals surface area contributed by atoms with Crippen LogP contribution in [0.15, 0.2) is 97.1 Å². The maximum absolute atomic E-state index is 10.6. The summed E-state index contributed by atoms with van der Waals surface area (Å²) in [6, 6.07) is 33.9. The van der Waals surface area contributed by atoms with Gasteiger partial charge in [-0.3, -0.25) is 9.80 Å². The molecule has 0 radical (unpaired) electrons. The Bertz CT molecular complexity index is 1480. The minimum atomic E-state index is -0.575. The molecule has 0 aromatic heterocycles. The first-order valence-corrected chi connectivity index (χ1v) is 16.7. The maximum Gasteiger partial charge on any atom is 0.119 e. The Morgan fingerprint density at radius 3 is 1.34 bits per heavy atom. The molecule has 2 saturated heterocycles. The van der Waals surface area contributed by atoms with E-state index in [2.05, 4.69) is 82.6 Å². The summed E-state index contributed by atoms with van der Waals surface area (Å²) >= 11 is 0. The summed E-state index contributed by atoms with van der Waals surface area (Å²) in [5.41, 5.74) is 6.62. The summed E-state index contributed by atoms with van der Waals surface area (Å²) in [6.45, 7) is 7.77. The van der Waals surface area contributed by atoms with E-state index < -0.39 is 17.6 Å². The van der Waals surface area contributed by atoms with Gasteiger partial charge in [-0.1, -0.05) is 72.8 Å². The first-order chi connectivity index (χ1) is 23.1. The number of rotatable bonds is 12. The molecule has 4 aromatic rings. The zero-order chi connectivity index (χ0) is 32.1. The minimum absolute atomic E-state index is 0.232. The lowest BCUT2D eigenvalue weighted by Crippen LogP contribution is -2.42. The third-order valence-electron chi connectivity index (χ3n) is 9.56. The zero-order valence-electron chi connectivity index (χ0n) is 26.8. The Hall–Kier alpha value is -3.76. The van der Waals surface area contributed by atoms with E-state index in [0.29, 0.717) is 39.5 Å². The van der Waals surface area contributed by atoms with E-state index in [9.17, 15) is 10.2 Å². The molecule has 4 aromatic carbocycles. The molecule has 8 heteroatoms. The Balaban J connectivity index is 1.13. The van der Waals surface area contributed by atoms with Crippen LogP contribution in [0.1, 0.15) is 22.3 Å². The van der Waals surface area contributed by atoms with Gasteiger partial charge in [0.05, 0.1) is 31.8 Å². The zero-order valence-corrected chi connectivity index (χ0v) is 26.8. The van der Waals surface area contributed by atoms with Crippen LogP contribution in [0.2, 0.25) is 0 Å². The van der Waals surface area contributed by atoms with Crippen LogP contribution >= 0.6 is 0 Å². The second-order valence-electron chi connectivity index (χ2n) is 12.6. The van der Waals surface area contributed by atoms with Gasteiger partial charge < -0.3 is 29.2 Å². The van der Waals surface area contributed by atoms with Gasteiger partial charge in [-0.25, -0.2) is 0 Å². The van der Waals surface area contributed by atoms with Crippen LogP contribution in [0, 0.1) is 0 Å². The van der Waals surface area contributed by atoms with Crippen molar-refractivity contribution in [3.63, 3.8) is 0 Å². The minimum Gasteiger partial charge on any atom is -0.491 e. The fourth-order valence-corrected chi connectivity index (χ4v) is 7.28. The van der Waals surface area contributed by atoms with Crippen molar-refractivity contribution in [3.8, 4) is 22.6 Å². The van der Waals surface area contributed by atoms with E-state index >= 15 is 0 Å². The van der Waals surface area contributed by atoms with Gasteiger partial charge in [-0.2, -0.15) is 0 Å². The lowest BCUT2D eigenvalue weighted by atomic mass is 9.68. The predicted molar refractivity (Wildman–Crippen MR) is 181 cm³/mol. The summed E-state index contributed by atoms with van der Waals surface area (Å²) in [6.07, 6.45) is -1.15. The summed E-state index contributed by atoms with van der Waals surface area (Å²) in [7, 11) is 0. The molecule has 2 atom stereocenters. The van der Waals surface area contributed by atoms with Crippen LogP contribution < -0.4 is 9.47 Å². The number of β-amino-alcohol motifs (C(OH)–C–C–N with tert-alkyl or cyclic N) is 2. The van der Waals surface area contributed by atoms with Crippen LogP contribution in [-0.4, -0.2) is 111 Å². The highest BCUT2D eigenvalue weighted by molar-refractivity contribution is 5.86. The van der Waals surface area contributed by atoms with E-state index in [1.807, 2.05) is 24.3 Å². The van der Waals surface area contributed by atoms with E-state index in [1.165, 1.54) is 22.3 Å². The van der Waals surface area contributed by atoms with E-state index in [0.717, 1.165) is 48.8 Å². The van der Waals surface area contributed by atoms with Crippen LogP contribution in [-0.2, 0) is 14.9 Å². The van der Waals surface area contributed by atoms with Crippen molar-refractivity contribution in [2.45, 2.75) is 17.6 Å². The van der Waals surface area contributed by atoms with Crippen molar-refractivity contribution in [3.05, 3.63) is 119 Å². The van der Waals surface area contributed by atoms with Gasteiger partial charge in [0.1, 0.15) is 36.9 Å². The average molecular weight is 637 g/mol. The molecule has 47 heavy (non-hydrogen) atoms. The van der Waals surface area contributed by atoms with Crippen molar-refractivity contribution in [2.75, 3.05) is 78.9 Å². The highest BCUT2D eigenvalue weighted by Crippen LogP contribution is 2.56. The van der Waals surface area contributed by atoms with Crippen LogP contribution in [0.4, 0.5) is 0 Å². The molecule has 2 fully saturated rings. The molecule has 2 heterocycles. The first-order valence-electron chi connectivity index (χ1n) is 16.7. The quantitative estimate of drug-likeness (QED) is 0.211. The number of hydrogen-bond donors (Lipinski definition) is 2. The van der Waals surface area contributed by atoms with Gasteiger partial charge >= 0.3 is 0 Å². The number of aliphatic hydroxyl groups excluding tert-OH is 2. The fraction of sp³-hybridized carbons (Fsp3) is 0.385. The molecule has 0 amide bonds. The second-order valence-corrected chi connectivity index (χ2v) is 12.6. The molecule has 3 aliphatic rings. The van der Waals surface area contributed by atoms with Crippen molar-refractivity contribution in [1.82, 2.24) is 9.80 Å². The Morgan fingerprint density at radius 1 is 0.553 bits per heavy atom. The molecule has 246 valence electrons. The molecule has 2 N–H and O–H groups in total. The SMILES string of the molecule is OC(COc1ccc(C2(c3ccc(OCC(O)CN4CCOCC4)cc3)c3ccccc3-c3ccccc32)cc1)CN1CCOCC1. The van der Waals surface area contributed by atoms with Crippen LogP contribution in [0.5, 0.6) is 11.5 Å². The molecule has 0 spiro atoms. The number of fused-ring (bicyclic) bond motifs is 3. The third-order valence-corrected chi connectivity index (χ3v) is 9.56. The molecule has 1 aliphatic carbocycles. The van der Waals surface area contributed by atoms with Gasteiger partial charge in [-0.05, 0) is 57.6 Å². The number of aliphatic hydroxyl groups is 2. The highest BCUT2D eigenvalue weighted by Gasteiger charge is 2.45. The molecular formula is C39H44N2O6. The first kappa shape index (κ1) is 31.8. The number of morpholine rings is 2. The smallest absolute Gasteiger partial charge is 0.119 e. The van der Waals surface area contributed by atoms with Gasteiger partial charge in [0.2, 0.25) is 0 Å². The summed E-state index contributed by atoms with van der Waals surface area (Å²) in [4.78, 5) is 4.42. The van der Waals surface area contributed by atoms with Gasteiger partial charge in [0.25, 0.3) is 0 Å². The molecule has 8 nitrogen and oxygen atoms in total. The number of hydrogen-bond acceptors (Lipinski definition) is 8. The van der Waals surface area contributed by atoms with E-state index in [-0.39, 0.29) is 13.2 Å². The Kier molecular flexibility index (Phi) is 9.86. The monoisotopic (exact) mass is 636 g/mol. The van der Waals surface area contributed by atoms with E-state index in [4.69, 9.17) is 18.9 Å². The highest BCUT2D eigenvalue weighted by atomic mass is 16.5. The number of nitrogens with zero attached hydrogens (tertiary/aromatic N) is 2. The normalized spacial score (nSPS) is 19.0. The molecule has 0 saturated carbocycles. The van der Waals surface area contributed by atoms with Crippen LogP contribution in [0.3, 0.4) is 0 Å². The standard InChI is InChI=1S/C39H44N2O6/c42-31(25-40-17-21-44-22-18-40)27-46-33-13-9-29(10-14-33)39(37-7-3-1-5-35(37)36-6-2-4-8-38(36)39)30-11-15-34(16-12-30)47-28-32(43)26-41-19-23-45-24-20-41/h1-16,31-32,42-43H,17-28H2. The summed E-state index contributed by atoms with van der Waals surface area (Å²) < 4.78 is 23.0. The largest absolute Gasteiger partial charge is 0.491 e. The van der Waals surface area contributed by atoms with Crippen molar-refractivity contribution in [2.24, 2.45) is 0 Å². The summed E-state index contributed by atoms with van der Waals surface area (Å²) in [5.74, 6) is 1.45. The lowest BCUT2D eigenvalue weighted by molar-refractivity contribution is 0.00452. The third kappa shape index (κ3) is 6.81. The van der Waals surface area contributed by atoms with Crippen molar-refractivity contribution >= 4 is 0 Å². The maximum atomic E-state index is 10.6. The Labute approximate surface area is 277 Å². The molecule has 2 unspecified atom stereocenters. The van der Waals surface area contributed by atoms with Crippen molar-refractivity contribution in [1.29, 1.82) is 0 Å². The summed E-state index contributed by atoms with van der Waals surface area (Å²) in [5, 5.41) is 21.2. The second kappa shape index (κ2) is 14.6. The lowest BCUT2D eigenvalue weighted by Gasteiger charge is -2.34. The number of ether oxygens (including phenoxy) is 4. The molecule has 7 rings (SSSR count). The van der Waals surface area contributed by atoms with Gasteiger partial charge in [-0.15, -0.1) is 0 Å². The van der Waals surface area contributed by atoms with Gasteiger partial charge in [0.15, 0.2) is 0 Å². The van der Waals surface area contributed by atoms with Gasteiger partial charge in [0, 0.05) is 39.3 Å². The predicted octanol–water partition coefficient (Wildman–Crippen LogP) is 4.19. The molecule has 0 bridgehead atoms. The average Bonchev–Trinajstić information content (AvgIpc) is 3.42. The fourth-order valence-electron chi connectivity index (χ4n) is 7.28. The Morgan fingerprint density at radius 2 is 0.936 bits per heavy atom. The number of benzene rings is 4. The topological polar surface area (TPSA) is 83.9 Å². The van der Waals surface area contributed by atoms with E-state index in [1.54, 1.807) is 0 Å². The van der Waals surface area contributed by atoms with Crippen molar-refractivity contribution < 1.29 is 29.2 Å². The molecular weight excluding hydrogens is 592 g/mol.